The average Bonchev–Trinajstić information content (AvgIpc) is 2.41. The predicted octanol–water partition coefficient (Wildman–Crippen LogP) is 4.40. The molecule has 0 aliphatic heterocycles. The Morgan fingerprint density at radius 2 is 1.95 bits per heavy atom. The summed E-state index contributed by atoms with van der Waals surface area (Å²) >= 11 is 3.57. The fraction of sp³-hybridized carbons (Fsp3) is 0.588. The Morgan fingerprint density at radius 3 is 2.50 bits per heavy atom. The zero-order chi connectivity index (χ0) is 16.8. The van der Waals surface area contributed by atoms with Crippen molar-refractivity contribution in [2.24, 2.45) is 0 Å². The summed E-state index contributed by atoms with van der Waals surface area (Å²) < 4.78 is 6.34. The highest BCUT2D eigenvalue weighted by Crippen LogP contribution is 2.23. The summed E-state index contributed by atoms with van der Waals surface area (Å²) in [6, 6.07) is 8.54. The number of ether oxygens (including phenoxy) is 1. The van der Waals surface area contributed by atoms with Gasteiger partial charge in [0, 0.05) is 23.1 Å². The molecule has 1 rings (SSSR count). The number of hydrogen-bond acceptors (Lipinski definition) is 3. The average molecular weight is 371 g/mol. The van der Waals surface area contributed by atoms with Gasteiger partial charge in [-0.25, -0.2) is 4.79 Å². The number of rotatable bonds is 6. The highest BCUT2D eigenvalue weighted by Gasteiger charge is 2.18. The summed E-state index contributed by atoms with van der Waals surface area (Å²) in [6.07, 6.45) is 0.547. The Morgan fingerprint density at radius 1 is 1.32 bits per heavy atom. The highest BCUT2D eigenvalue weighted by molar-refractivity contribution is 9.10. The van der Waals surface area contributed by atoms with E-state index >= 15 is 0 Å². The summed E-state index contributed by atoms with van der Waals surface area (Å²) in [6.45, 7) is 10.3. The van der Waals surface area contributed by atoms with Crippen LogP contribution in [0.3, 0.4) is 0 Å². The van der Waals surface area contributed by atoms with Gasteiger partial charge in [0.25, 0.3) is 0 Å². The van der Waals surface area contributed by atoms with Gasteiger partial charge in [0.2, 0.25) is 0 Å². The smallest absolute Gasteiger partial charge is 0.407 e. The van der Waals surface area contributed by atoms with Gasteiger partial charge in [-0.3, -0.25) is 0 Å². The second-order valence-corrected chi connectivity index (χ2v) is 7.25. The standard InChI is InChI=1S/C17H27BrN2O2/c1-6-13(11-19-16(21)22-17(3,4)5)20-12(2)14-9-7-8-10-15(14)18/h7-10,12-13,20H,6,11H2,1-5H3,(H,19,21). The SMILES string of the molecule is CCC(CNC(=O)OC(C)(C)C)NC(C)c1ccccc1Br. The molecule has 0 bridgehead atoms. The minimum atomic E-state index is -0.471. The van der Waals surface area contributed by atoms with Crippen LogP contribution < -0.4 is 10.6 Å². The van der Waals surface area contributed by atoms with E-state index in [2.05, 4.69) is 46.5 Å². The first-order valence-corrected chi connectivity index (χ1v) is 8.49. The maximum absolute atomic E-state index is 11.7. The Hall–Kier alpha value is -1.07. The van der Waals surface area contributed by atoms with Gasteiger partial charge in [0.05, 0.1) is 0 Å². The lowest BCUT2D eigenvalue weighted by molar-refractivity contribution is 0.0521. The molecule has 0 fully saturated rings. The van der Waals surface area contributed by atoms with Crippen LogP contribution in [0, 0.1) is 0 Å². The topological polar surface area (TPSA) is 50.4 Å². The molecule has 1 aromatic carbocycles. The molecule has 1 amide bonds. The monoisotopic (exact) mass is 370 g/mol. The van der Waals surface area contributed by atoms with Crippen LogP contribution in [0.2, 0.25) is 0 Å². The van der Waals surface area contributed by atoms with Gasteiger partial charge in [0.15, 0.2) is 0 Å². The number of halogens is 1. The Bertz CT molecular complexity index is 486. The number of alkyl carbamates (subject to hydrolysis) is 1. The predicted molar refractivity (Wildman–Crippen MR) is 94.0 cm³/mol. The number of benzene rings is 1. The van der Waals surface area contributed by atoms with Gasteiger partial charge in [-0.2, -0.15) is 0 Å². The van der Waals surface area contributed by atoms with Gasteiger partial charge >= 0.3 is 6.09 Å². The molecule has 0 aliphatic carbocycles. The Balaban J connectivity index is 2.52. The number of carbonyl (C=O) groups is 1. The highest BCUT2D eigenvalue weighted by atomic mass is 79.9. The molecule has 4 nitrogen and oxygen atoms in total. The van der Waals surface area contributed by atoms with Gasteiger partial charge in [-0.05, 0) is 45.7 Å². The minimum absolute atomic E-state index is 0.189. The first-order chi connectivity index (χ1) is 10.2. The van der Waals surface area contributed by atoms with Crippen LogP contribution in [0.25, 0.3) is 0 Å². The summed E-state index contributed by atoms with van der Waals surface area (Å²) in [5.74, 6) is 0. The summed E-state index contributed by atoms with van der Waals surface area (Å²) in [4.78, 5) is 11.7. The van der Waals surface area contributed by atoms with Crippen LogP contribution in [0.1, 0.15) is 52.6 Å². The summed E-state index contributed by atoms with van der Waals surface area (Å²) in [7, 11) is 0. The van der Waals surface area contributed by atoms with E-state index in [4.69, 9.17) is 4.74 Å². The maximum atomic E-state index is 11.7. The van der Waals surface area contributed by atoms with Gasteiger partial charge in [0.1, 0.15) is 5.60 Å². The van der Waals surface area contributed by atoms with Crippen LogP contribution in [0.4, 0.5) is 4.79 Å². The van der Waals surface area contributed by atoms with E-state index in [0.717, 1.165) is 10.9 Å². The second kappa shape index (κ2) is 8.53. The molecule has 1 aromatic rings. The van der Waals surface area contributed by atoms with E-state index in [0.29, 0.717) is 6.54 Å². The number of nitrogens with one attached hydrogen (secondary N) is 2. The van der Waals surface area contributed by atoms with Crippen LogP contribution >= 0.6 is 15.9 Å². The molecule has 0 aromatic heterocycles. The van der Waals surface area contributed by atoms with E-state index in [1.165, 1.54) is 5.56 Å². The third-order valence-electron chi connectivity index (χ3n) is 3.24. The van der Waals surface area contributed by atoms with Gasteiger partial charge in [-0.1, -0.05) is 41.1 Å². The van der Waals surface area contributed by atoms with Crippen molar-refractivity contribution in [2.45, 2.75) is 58.7 Å². The van der Waals surface area contributed by atoms with Crippen LogP contribution in [-0.4, -0.2) is 24.3 Å². The fourth-order valence-corrected chi connectivity index (χ4v) is 2.74. The minimum Gasteiger partial charge on any atom is -0.444 e. The molecule has 0 heterocycles. The van der Waals surface area contributed by atoms with E-state index in [1.54, 1.807) is 0 Å². The summed E-state index contributed by atoms with van der Waals surface area (Å²) in [5.41, 5.74) is 0.736. The van der Waals surface area contributed by atoms with E-state index in [9.17, 15) is 4.79 Å². The zero-order valence-electron chi connectivity index (χ0n) is 14.1. The fourth-order valence-electron chi connectivity index (χ4n) is 2.11. The molecule has 2 atom stereocenters. The molecular weight excluding hydrogens is 344 g/mol. The van der Waals surface area contributed by atoms with E-state index in [1.807, 2.05) is 39.0 Å². The molecule has 5 heteroatoms. The van der Waals surface area contributed by atoms with Crippen molar-refractivity contribution >= 4 is 22.0 Å². The normalized spacial score (nSPS) is 14.3. The maximum Gasteiger partial charge on any atom is 0.407 e. The van der Waals surface area contributed by atoms with Crippen LogP contribution in [0.15, 0.2) is 28.7 Å². The third kappa shape index (κ3) is 6.79. The van der Waals surface area contributed by atoms with Crippen LogP contribution in [0.5, 0.6) is 0 Å². The molecule has 2 N–H and O–H groups in total. The number of hydrogen-bond donors (Lipinski definition) is 2. The molecule has 124 valence electrons. The molecular formula is C17H27BrN2O2. The quantitative estimate of drug-likeness (QED) is 0.779. The van der Waals surface area contributed by atoms with Gasteiger partial charge in [-0.15, -0.1) is 0 Å². The first kappa shape index (κ1) is 19.0. The van der Waals surface area contributed by atoms with Crippen LogP contribution in [-0.2, 0) is 4.74 Å². The van der Waals surface area contributed by atoms with Crippen molar-refractivity contribution in [2.75, 3.05) is 6.54 Å². The van der Waals surface area contributed by atoms with Crippen molar-refractivity contribution in [3.63, 3.8) is 0 Å². The largest absolute Gasteiger partial charge is 0.444 e. The van der Waals surface area contributed by atoms with Crippen molar-refractivity contribution in [3.8, 4) is 0 Å². The summed E-state index contributed by atoms with van der Waals surface area (Å²) in [5, 5.41) is 6.37. The lowest BCUT2D eigenvalue weighted by Gasteiger charge is -2.25. The van der Waals surface area contributed by atoms with Crippen molar-refractivity contribution in [1.82, 2.24) is 10.6 Å². The molecule has 2 unspecified atom stereocenters. The number of carbonyl (C=O) groups excluding carboxylic acids is 1. The Labute approximate surface area is 142 Å². The lowest BCUT2D eigenvalue weighted by atomic mass is 10.1. The van der Waals surface area contributed by atoms with Crippen molar-refractivity contribution in [3.05, 3.63) is 34.3 Å². The van der Waals surface area contributed by atoms with E-state index in [-0.39, 0.29) is 18.2 Å². The first-order valence-electron chi connectivity index (χ1n) is 7.70. The zero-order valence-corrected chi connectivity index (χ0v) is 15.7. The number of amides is 1. The Kier molecular flexibility index (Phi) is 7.36. The molecule has 0 aliphatic rings. The second-order valence-electron chi connectivity index (χ2n) is 6.40. The molecule has 0 saturated heterocycles. The molecule has 0 spiro atoms. The van der Waals surface area contributed by atoms with Crippen molar-refractivity contribution < 1.29 is 9.53 Å². The van der Waals surface area contributed by atoms with E-state index < -0.39 is 5.60 Å². The third-order valence-corrected chi connectivity index (χ3v) is 3.96. The van der Waals surface area contributed by atoms with Crippen molar-refractivity contribution in [1.29, 1.82) is 0 Å². The molecule has 0 radical (unpaired) electrons. The lowest BCUT2D eigenvalue weighted by Crippen LogP contribution is -2.43. The molecule has 0 saturated carbocycles. The molecule has 22 heavy (non-hydrogen) atoms. The van der Waals surface area contributed by atoms with Gasteiger partial charge < -0.3 is 15.4 Å².